The molecule has 17 heavy (non-hydrogen) atoms. The van der Waals surface area contributed by atoms with Crippen LogP contribution in [-0.2, 0) is 0 Å². The van der Waals surface area contributed by atoms with Crippen molar-refractivity contribution in [2.45, 2.75) is 0 Å². The van der Waals surface area contributed by atoms with Crippen LogP contribution >= 0.6 is 0 Å². The minimum absolute atomic E-state index is 0.190. The van der Waals surface area contributed by atoms with Gasteiger partial charge in [-0.25, -0.2) is 4.63 Å². The van der Waals surface area contributed by atoms with Gasteiger partial charge in [0, 0.05) is 5.69 Å². The predicted molar refractivity (Wildman–Crippen MR) is 59.1 cm³/mol. The summed E-state index contributed by atoms with van der Waals surface area (Å²) in [6.45, 7) is 0. The molecule has 3 aromatic rings. The van der Waals surface area contributed by atoms with Crippen LogP contribution in [0.25, 0.3) is 17.2 Å². The van der Waals surface area contributed by atoms with Crippen LogP contribution in [-0.4, -0.2) is 25.1 Å². The van der Waals surface area contributed by atoms with Gasteiger partial charge in [-0.2, -0.15) is 0 Å². The van der Waals surface area contributed by atoms with E-state index in [1.165, 1.54) is 0 Å². The maximum Gasteiger partial charge on any atom is 0.199 e. The molecule has 2 heterocycles. The number of para-hydroxylation sites is 1. The first-order valence-electron chi connectivity index (χ1n) is 4.90. The third-order valence-corrected chi connectivity index (χ3v) is 2.31. The Kier molecular flexibility index (Phi) is 2.08. The minimum Gasteiger partial charge on any atom is -0.379 e. The molecule has 0 aliphatic heterocycles. The molecule has 0 unspecified atom stereocenters. The first-order chi connectivity index (χ1) is 8.36. The fraction of sp³-hybridized carbons (Fsp3) is 0. The van der Waals surface area contributed by atoms with E-state index in [4.69, 9.17) is 5.73 Å². The molecule has 84 valence electrons. The SMILES string of the molecule is Nc1nonc1-c1nncn1-c1ccccc1. The van der Waals surface area contributed by atoms with E-state index in [9.17, 15) is 0 Å². The molecular formula is C10H8N6O. The van der Waals surface area contributed by atoms with Gasteiger partial charge in [-0.3, -0.25) is 4.57 Å². The summed E-state index contributed by atoms with van der Waals surface area (Å²) in [7, 11) is 0. The van der Waals surface area contributed by atoms with E-state index in [1.807, 2.05) is 30.3 Å². The Balaban J connectivity index is 2.16. The van der Waals surface area contributed by atoms with Gasteiger partial charge in [0.15, 0.2) is 17.3 Å². The van der Waals surface area contributed by atoms with Crippen LogP contribution in [0.5, 0.6) is 0 Å². The maximum atomic E-state index is 5.63. The van der Waals surface area contributed by atoms with Crippen molar-refractivity contribution >= 4 is 5.82 Å². The van der Waals surface area contributed by atoms with E-state index in [1.54, 1.807) is 10.9 Å². The van der Waals surface area contributed by atoms with E-state index in [0.717, 1.165) is 5.69 Å². The molecule has 0 bridgehead atoms. The van der Waals surface area contributed by atoms with Crippen molar-refractivity contribution in [3.63, 3.8) is 0 Å². The molecule has 0 saturated heterocycles. The largest absolute Gasteiger partial charge is 0.379 e. The van der Waals surface area contributed by atoms with Crippen molar-refractivity contribution in [3.05, 3.63) is 36.7 Å². The quantitative estimate of drug-likeness (QED) is 0.700. The summed E-state index contributed by atoms with van der Waals surface area (Å²) in [5.41, 5.74) is 6.92. The van der Waals surface area contributed by atoms with Gasteiger partial charge in [-0.15, -0.1) is 10.2 Å². The van der Waals surface area contributed by atoms with Gasteiger partial charge in [0.05, 0.1) is 0 Å². The summed E-state index contributed by atoms with van der Waals surface area (Å²) in [6.07, 6.45) is 1.58. The zero-order valence-electron chi connectivity index (χ0n) is 8.69. The Bertz CT molecular complexity index is 629. The number of hydrogen-bond acceptors (Lipinski definition) is 6. The summed E-state index contributed by atoms with van der Waals surface area (Å²) in [6, 6.07) is 9.62. The van der Waals surface area contributed by atoms with Gasteiger partial charge in [0.25, 0.3) is 0 Å². The monoisotopic (exact) mass is 228 g/mol. The van der Waals surface area contributed by atoms with E-state index < -0.39 is 0 Å². The van der Waals surface area contributed by atoms with E-state index in [-0.39, 0.29) is 5.82 Å². The fourth-order valence-electron chi connectivity index (χ4n) is 1.52. The zero-order valence-corrected chi connectivity index (χ0v) is 8.69. The summed E-state index contributed by atoms with van der Waals surface area (Å²) in [5, 5.41) is 15.0. The van der Waals surface area contributed by atoms with Crippen molar-refractivity contribution < 1.29 is 4.63 Å². The van der Waals surface area contributed by atoms with Crippen molar-refractivity contribution in [1.82, 2.24) is 25.1 Å². The number of rotatable bonds is 2. The van der Waals surface area contributed by atoms with E-state index in [2.05, 4.69) is 25.1 Å². The summed E-state index contributed by atoms with van der Waals surface area (Å²) >= 11 is 0. The molecule has 0 fully saturated rings. The van der Waals surface area contributed by atoms with Crippen molar-refractivity contribution in [1.29, 1.82) is 0 Å². The molecule has 0 saturated carbocycles. The predicted octanol–water partition coefficient (Wildman–Crippen LogP) is 0.899. The van der Waals surface area contributed by atoms with Crippen molar-refractivity contribution in [2.75, 3.05) is 5.73 Å². The Labute approximate surface area is 95.8 Å². The molecule has 3 rings (SSSR count). The molecule has 7 nitrogen and oxygen atoms in total. The number of hydrogen-bond donors (Lipinski definition) is 1. The van der Waals surface area contributed by atoms with Gasteiger partial charge in [-0.1, -0.05) is 18.2 Å². The Morgan fingerprint density at radius 1 is 1.12 bits per heavy atom. The molecule has 0 atom stereocenters. The lowest BCUT2D eigenvalue weighted by Crippen LogP contribution is -1.98. The van der Waals surface area contributed by atoms with Crippen LogP contribution in [0, 0.1) is 0 Å². The van der Waals surface area contributed by atoms with Crippen LogP contribution < -0.4 is 5.73 Å². The number of aromatic nitrogens is 5. The summed E-state index contributed by atoms with van der Waals surface area (Å²) in [5.74, 6) is 0.685. The zero-order chi connectivity index (χ0) is 11.7. The van der Waals surface area contributed by atoms with Crippen molar-refractivity contribution in [2.24, 2.45) is 0 Å². The number of anilines is 1. The molecular weight excluding hydrogens is 220 g/mol. The fourth-order valence-corrected chi connectivity index (χ4v) is 1.52. The lowest BCUT2D eigenvalue weighted by Gasteiger charge is -2.03. The van der Waals surface area contributed by atoms with Gasteiger partial charge < -0.3 is 5.73 Å². The third-order valence-electron chi connectivity index (χ3n) is 2.31. The Hall–Kier alpha value is -2.70. The lowest BCUT2D eigenvalue weighted by molar-refractivity contribution is 0.310. The highest BCUT2D eigenvalue weighted by molar-refractivity contribution is 5.64. The molecule has 0 spiro atoms. The second kappa shape index (κ2) is 3.71. The second-order valence-corrected chi connectivity index (χ2v) is 3.36. The number of nitrogens with two attached hydrogens (primary N) is 1. The molecule has 2 N–H and O–H groups in total. The average Bonchev–Trinajstić information content (AvgIpc) is 2.98. The van der Waals surface area contributed by atoms with Gasteiger partial charge >= 0.3 is 0 Å². The smallest absolute Gasteiger partial charge is 0.199 e. The molecule has 1 aromatic carbocycles. The summed E-state index contributed by atoms with van der Waals surface area (Å²) in [4.78, 5) is 0. The first kappa shape index (κ1) is 9.52. The minimum atomic E-state index is 0.190. The molecule has 2 aromatic heterocycles. The Morgan fingerprint density at radius 3 is 2.65 bits per heavy atom. The van der Waals surface area contributed by atoms with Crippen LogP contribution in [0.15, 0.2) is 41.3 Å². The van der Waals surface area contributed by atoms with Crippen LogP contribution in [0.1, 0.15) is 0 Å². The average molecular weight is 228 g/mol. The summed E-state index contributed by atoms with van der Waals surface area (Å²) < 4.78 is 6.31. The molecule has 0 amide bonds. The molecule has 0 radical (unpaired) electrons. The molecule has 0 aliphatic rings. The highest BCUT2D eigenvalue weighted by Gasteiger charge is 2.16. The first-order valence-corrected chi connectivity index (χ1v) is 4.90. The number of nitrogens with zero attached hydrogens (tertiary/aromatic N) is 5. The highest BCUT2D eigenvalue weighted by atomic mass is 16.6. The van der Waals surface area contributed by atoms with Crippen LogP contribution in [0.2, 0.25) is 0 Å². The standard InChI is InChI=1S/C10H8N6O/c11-9-8(14-17-15-9)10-13-12-6-16(10)7-4-2-1-3-5-7/h1-6H,(H2,11,15). The normalized spacial score (nSPS) is 10.6. The van der Waals surface area contributed by atoms with Crippen LogP contribution in [0.3, 0.4) is 0 Å². The van der Waals surface area contributed by atoms with Gasteiger partial charge in [0.2, 0.25) is 0 Å². The molecule has 0 aliphatic carbocycles. The number of benzene rings is 1. The van der Waals surface area contributed by atoms with Crippen LogP contribution in [0.4, 0.5) is 5.82 Å². The van der Waals surface area contributed by atoms with Gasteiger partial charge in [0.1, 0.15) is 6.33 Å². The van der Waals surface area contributed by atoms with Crippen molar-refractivity contribution in [3.8, 4) is 17.2 Å². The Morgan fingerprint density at radius 2 is 1.94 bits per heavy atom. The maximum absolute atomic E-state index is 5.63. The van der Waals surface area contributed by atoms with Gasteiger partial charge in [-0.05, 0) is 22.4 Å². The molecule has 7 heteroatoms. The highest BCUT2D eigenvalue weighted by Crippen LogP contribution is 2.22. The van der Waals surface area contributed by atoms with E-state index >= 15 is 0 Å². The topological polar surface area (TPSA) is 95.7 Å². The van der Waals surface area contributed by atoms with E-state index in [0.29, 0.717) is 11.5 Å². The third kappa shape index (κ3) is 1.53. The second-order valence-electron chi connectivity index (χ2n) is 3.36. The number of nitrogen functional groups attached to an aromatic ring is 1. The lowest BCUT2D eigenvalue weighted by atomic mass is 10.3.